The number of thioether (sulfide) groups is 1. The van der Waals surface area contributed by atoms with Gasteiger partial charge in [-0.25, -0.2) is 0 Å². The number of carbonyl (C=O) groups is 1. The Kier molecular flexibility index (Phi) is 5.76. The number of carbonyl (C=O) groups excluding carboxylic acids is 1. The van der Waals surface area contributed by atoms with Crippen LogP contribution in [0.1, 0.15) is 5.56 Å². The summed E-state index contributed by atoms with van der Waals surface area (Å²) >= 11 is 1.92. The fourth-order valence-corrected chi connectivity index (χ4v) is 3.88. The lowest BCUT2D eigenvalue weighted by Crippen LogP contribution is -2.52. The molecule has 0 spiro atoms. The first-order valence-corrected chi connectivity index (χ1v) is 9.23. The first-order valence-electron chi connectivity index (χ1n) is 8.07. The van der Waals surface area contributed by atoms with E-state index >= 15 is 0 Å². The van der Waals surface area contributed by atoms with Gasteiger partial charge in [-0.15, -0.1) is 0 Å². The van der Waals surface area contributed by atoms with Crippen LogP contribution in [0.5, 0.6) is 0 Å². The van der Waals surface area contributed by atoms with E-state index < -0.39 is 0 Å². The maximum Gasteiger partial charge on any atom is 0.253 e. The number of nitrogens with zero attached hydrogens (tertiary/aromatic N) is 2. The molecule has 4 nitrogen and oxygen atoms in total. The lowest BCUT2D eigenvalue weighted by molar-refractivity contribution is -0.149. The molecule has 2 aliphatic rings. The first-order chi connectivity index (χ1) is 10.8. The van der Waals surface area contributed by atoms with Crippen molar-refractivity contribution in [1.82, 2.24) is 9.80 Å². The summed E-state index contributed by atoms with van der Waals surface area (Å²) in [6.07, 6.45) is 0.759. The highest BCUT2D eigenvalue weighted by molar-refractivity contribution is 7.99. The highest BCUT2D eigenvalue weighted by Crippen LogP contribution is 2.14. The fourth-order valence-electron chi connectivity index (χ4n) is 2.97. The van der Waals surface area contributed by atoms with Crippen LogP contribution in [-0.4, -0.2) is 72.6 Å². The molecule has 2 fully saturated rings. The minimum Gasteiger partial charge on any atom is -0.366 e. The lowest BCUT2D eigenvalue weighted by atomic mass is 10.1. The van der Waals surface area contributed by atoms with Gasteiger partial charge in [-0.05, 0) is 12.0 Å². The van der Waals surface area contributed by atoms with Gasteiger partial charge in [0.25, 0.3) is 5.91 Å². The second-order valence-electron chi connectivity index (χ2n) is 5.83. The Hall–Kier alpha value is -1.04. The van der Waals surface area contributed by atoms with Gasteiger partial charge in [0.05, 0.1) is 6.61 Å². The first kappa shape index (κ1) is 15.8. The molecule has 22 heavy (non-hydrogen) atoms. The van der Waals surface area contributed by atoms with E-state index in [1.807, 2.05) is 22.7 Å². The molecule has 1 amide bonds. The van der Waals surface area contributed by atoms with E-state index in [1.54, 1.807) is 0 Å². The zero-order valence-corrected chi connectivity index (χ0v) is 13.8. The minimum absolute atomic E-state index is 0.185. The summed E-state index contributed by atoms with van der Waals surface area (Å²) in [7, 11) is 0. The molecule has 0 N–H and O–H groups in total. The zero-order valence-electron chi connectivity index (χ0n) is 12.9. The fraction of sp³-hybridized carbons (Fsp3) is 0.588. The van der Waals surface area contributed by atoms with Crippen LogP contribution in [0.4, 0.5) is 0 Å². The van der Waals surface area contributed by atoms with Gasteiger partial charge in [-0.3, -0.25) is 9.69 Å². The number of hydrogen-bond donors (Lipinski definition) is 0. The molecule has 0 bridgehead atoms. The van der Waals surface area contributed by atoms with Crippen LogP contribution in [0.15, 0.2) is 30.3 Å². The average molecular weight is 320 g/mol. The molecule has 0 radical (unpaired) electrons. The molecule has 1 aromatic carbocycles. The summed E-state index contributed by atoms with van der Waals surface area (Å²) < 4.78 is 5.74. The maximum absolute atomic E-state index is 12.5. The molecule has 2 aliphatic heterocycles. The Morgan fingerprint density at radius 2 is 1.95 bits per heavy atom. The van der Waals surface area contributed by atoms with Crippen molar-refractivity contribution in [1.29, 1.82) is 0 Å². The predicted molar refractivity (Wildman–Crippen MR) is 90.2 cm³/mol. The Morgan fingerprint density at radius 1 is 1.18 bits per heavy atom. The van der Waals surface area contributed by atoms with E-state index in [1.165, 1.54) is 5.56 Å². The SMILES string of the molecule is O=C(C1CN(CCc2ccccc2)CCO1)N1CCSCC1. The van der Waals surface area contributed by atoms with E-state index in [-0.39, 0.29) is 12.0 Å². The molecule has 1 aromatic rings. The number of amides is 1. The van der Waals surface area contributed by atoms with Crippen LogP contribution in [0, 0.1) is 0 Å². The van der Waals surface area contributed by atoms with Gasteiger partial charge < -0.3 is 9.64 Å². The smallest absolute Gasteiger partial charge is 0.253 e. The molecule has 0 aromatic heterocycles. The van der Waals surface area contributed by atoms with Gasteiger partial charge in [0.15, 0.2) is 0 Å². The van der Waals surface area contributed by atoms with Crippen molar-refractivity contribution in [2.45, 2.75) is 12.5 Å². The minimum atomic E-state index is -0.271. The van der Waals surface area contributed by atoms with Gasteiger partial charge in [0.2, 0.25) is 0 Å². The molecule has 1 unspecified atom stereocenters. The van der Waals surface area contributed by atoms with Gasteiger partial charge in [-0.2, -0.15) is 11.8 Å². The van der Waals surface area contributed by atoms with Crippen LogP contribution in [-0.2, 0) is 16.0 Å². The zero-order chi connectivity index (χ0) is 15.2. The molecule has 5 heteroatoms. The normalized spacial score (nSPS) is 23.5. The van der Waals surface area contributed by atoms with E-state index in [0.29, 0.717) is 6.61 Å². The second-order valence-corrected chi connectivity index (χ2v) is 7.06. The van der Waals surface area contributed by atoms with Crippen molar-refractivity contribution in [2.24, 2.45) is 0 Å². The second kappa shape index (κ2) is 7.99. The van der Waals surface area contributed by atoms with Crippen LogP contribution < -0.4 is 0 Å². The van der Waals surface area contributed by atoms with Gasteiger partial charge in [-0.1, -0.05) is 30.3 Å². The van der Waals surface area contributed by atoms with Crippen molar-refractivity contribution in [2.75, 3.05) is 50.8 Å². The van der Waals surface area contributed by atoms with Crippen molar-refractivity contribution < 1.29 is 9.53 Å². The van der Waals surface area contributed by atoms with Crippen LogP contribution in [0.3, 0.4) is 0 Å². The van der Waals surface area contributed by atoms with Gasteiger partial charge in [0, 0.05) is 44.2 Å². The summed E-state index contributed by atoms with van der Waals surface area (Å²) in [6.45, 7) is 5.04. The number of morpholine rings is 1. The van der Waals surface area contributed by atoms with Crippen molar-refractivity contribution in [3.63, 3.8) is 0 Å². The molecule has 0 saturated carbocycles. The molecule has 0 aliphatic carbocycles. The Bertz CT molecular complexity index is 477. The van der Waals surface area contributed by atoms with Crippen molar-refractivity contribution >= 4 is 17.7 Å². The van der Waals surface area contributed by atoms with Gasteiger partial charge >= 0.3 is 0 Å². The molecule has 120 valence electrons. The van der Waals surface area contributed by atoms with Crippen LogP contribution in [0.2, 0.25) is 0 Å². The number of hydrogen-bond acceptors (Lipinski definition) is 4. The molecule has 2 saturated heterocycles. The topological polar surface area (TPSA) is 32.8 Å². The highest BCUT2D eigenvalue weighted by Gasteiger charge is 2.30. The highest BCUT2D eigenvalue weighted by atomic mass is 32.2. The van der Waals surface area contributed by atoms with E-state index in [4.69, 9.17) is 4.74 Å². The lowest BCUT2D eigenvalue weighted by Gasteiger charge is -2.36. The Morgan fingerprint density at radius 3 is 2.73 bits per heavy atom. The van der Waals surface area contributed by atoms with Crippen LogP contribution >= 0.6 is 11.8 Å². The summed E-state index contributed by atoms with van der Waals surface area (Å²) in [5.41, 5.74) is 1.35. The number of benzene rings is 1. The molecule has 1 atom stereocenters. The molecule has 2 heterocycles. The maximum atomic E-state index is 12.5. The standard InChI is InChI=1S/C17H24N2O2S/c20-17(19-9-12-22-13-10-19)16-14-18(8-11-21-16)7-6-15-4-2-1-3-5-15/h1-5,16H,6-14H2. The molecular weight excluding hydrogens is 296 g/mol. The third kappa shape index (κ3) is 4.24. The predicted octanol–water partition coefficient (Wildman–Crippen LogP) is 1.51. The van der Waals surface area contributed by atoms with E-state index in [2.05, 4.69) is 29.2 Å². The van der Waals surface area contributed by atoms with Gasteiger partial charge in [0.1, 0.15) is 6.10 Å². The molecule has 3 rings (SSSR count). The van der Waals surface area contributed by atoms with Crippen molar-refractivity contribution in [3.05, 3.63) is 35.9 Å². The van der Waals surface area contributed by atoms with E-state index in [0.717, 1.165) is 50.7 Å². The summed E-state index contributed by atoms with van der Waals surface area (Å²) in [4.78, 5) is 16.9. The van der Waals surface area contributed by atoms with Crippen molar-refractivity contribution in [3.8, 4) is 0 Å². The Balaban J connectivity index is 1.49. The number of ether oxygens (including phenoxy) is 1. The monoisotopic (exact) mass is 320 g/mol. The Labute approximate surface area is 136 Å². The summed E-state index contributed by atoms with van der Waals surface area (Å²) in [5, 5.41) is 0. The third-order valence-corrected chi connectivity index (χ3v) is 5.25. The van der Waals surface area contributed by atoms with E-state index in [9.17, 15) is 4.79 Å². The average Bonchev–Trinajstić information content (AvgIpc) is 2.61. The largest absolute Gasteiger partial charge is 0.366 e. The summed E-state index contributed by atoms with van der Waals surface area (Å²) in [5.74, 6) is 2.29. The molecular formula is C17H24N2O2S. The quantitative estimate of drug-likeness (QED) is 0.842. The number of rotatable bonds is 4. The third-order valence-electron chi connectivity index (χ3n) is 4.31. The van der Waals surface area contributed by atoms with Crippen LogP contribution in [0.25, 0.3) is 0 Å². The summed E-state index contributed by atoms with van der Waals surface area (Å²) in [6, 6.07) is 10.5.